The lowest BCUT2D eigenvalue weighted by Crippen LogP contribution is -2.40. The molecule has 0 spiro atoms. The fraction of sp³-hybridized carbons (Fsp3) is 0.333. The second-order valence-corrected chi connectivity index (χ2v) is 4.69. The molecule has 1 heterocycles. The number of halogens is 1. The molecule has 0 saturated carbocycles. The first-order valence-electron chi connectivity index (χ1n) is 5.41. The molecule has 0 saturated heterocycles. The summed E-state index contributed by atoms with van der Waals surface area (Å²) in [4.78, 5) is 24.5. The molecule has 2 rings (SSSR count). The molecule has 5 nitrogen and oxygen atoms in total. The lowest BCUT2D eigenvalue weighted by atomic mass is 10.2. The summed E-state index contributed by atoms with van der Waals surface area (Å²) in [6.07, 6.45) is 0.161. The van der Waals surface area contributed by atoms with Crippen LogP contribution >= 0.6 is 15.9 Å². The van der Waals surface area contributed by atoms with E-state index in [2.05, 4.69) is 20.7 Å². The van der Waals surface area contributed by atoms with Gasteiger partial charge in [0, 0.05) is 11.0 Å². The number of anilines is 1. The Labute approximate surface area is 113 Å². The maximum atomic E-state index is 11.8. The third-order valence-corrected chi connectivity index (χ3v) is 3.12. The predicted molar refractivity (Wildman–Crippen MR) is 68.6 cm³/mol. The van der Waals surface area contributed by atoms with Crippen molar-refractivity contribution in [2.75, 3.05) is 25.2 Å². The van der Waals surface area contributed by atoms with Gasteiger partial charge >= 0.3 is 5.97 Å². The van der Waals surface area contributed by atoms with Gasteiger partial charge in [0.25, 0.3) is 5.91 Å². The number of nitrogens with zero attached hydrogens (tertiary/aromatic N) is 1. The fourth-order valence-electron chi connectivity index (χ4n) is 1.73. The zero-order chi connectivity index (χ0) is 13.1. The van der Waals surface area contributed by atoms with Gasteiger partial charge in [-0.3, -0.25) is 9.59 Å². The highest BCUT2D eigenvalue weighted by Gasteiger charge is 2.26. The molecule has 1 aliphatic rings. The molecule has 0 fully saturated rings. The molecule has 1 amide bonds. The maximum Gasteiger partial charge on any atom is 0.307 e. The van der Waals surface area contributed by atoms with E-state index in [9.17, 15) is 9.59 Å². The molecule has 0 atom stereocenters. The summed E-state index contributed by atoms with van der Waals surface area (Å²) in [7, 11) is 1.33. The number of hydrogen-bond donors (Lipinski definition) is 0. The number of hydrogen-bond acceptors (Lipinski definition) is 4. The molecule has 1 aromatic carbocycles. The average molecular weight is 314 g/mol. The van der Waals surface area contributed by atoms with Gasteiger partial charge in [-0.15, -0.1) is 0 Å². The van der Waals surface area contributed by atoms with E-state index in [1.807, 2.05) is 6.07 Å². The molecule has 0 bridgehead atoms. The van der Waals surface area contributed by atoms with E-state index in [4.69, 9.17) is 4.74 Å². The van der Waals surface area contributed by atoms with Gasteiger partial charge in [0.05, 0.1) is 19.2 Å². The monoisotopic (exact) mass is 313 g/mol. The Balaban J connectivity index is 2.21. The van der Waals surface area contributed by atoms with E-state index < -0.39 is 0 Å². The predicted octanol–water partition coefficient (Wildman–Crippen LogP) is 1.74. The number of carbonyl (C=O) groups is 2. The van der Waals surface area contributed by atoms with Gasteiger partial charge in [-0.1, -0.05) is 15.9 Å². The van der Waals surface area contributed by atoms with E-state index in [0.717, 1.165) is 4.47 Å². The largest absolute Gasteiger partial charge is 0.482 e. The summed E-state index contributed by atoms with van der Waals surface area (Å²) in [5, 5.41) is 0. The Bertz CT molecular complexity index is 489. The highest BCUT2D eigenvalue weighted by atomic mass is 79.9. The van der Waals surface area contributed by atoms with Crippen LogP contribution in [0.5, 0.6) is 5.75 Å². The minimum atomic E-state index is -0.342. The van der Waals surface area contributed by atoms with Crippen molar-refractivity contribution in [1.82, 2.24) is 0 Å². The second-order valence-electron chi connectivity index (χ2n) is 3.77. The number of esters is 1. The molecular formula is C12H12BrNO4. The Morgan fingerprint density at radius 3 is 3.06 bits per heavy atom. The van der Waals surface area contributed by atoms with Gasteiger partial charge in [-0.2, -0.15) is 0 Å². The van der Waals surface area contributed by atoms with Crippen molar-refractivity contribution in [2.45, 2.75) is 6.42 Å². The quantitative estimate of drug-likeness (QED) is 0.798. The summed E-state index contributed by atoms with van der Waals surface area (Å²) in [6.45, 7) is 0.286. The topological polar surface area (TPSA) is 55.8 Å². The van der Waals surface area contributed by atoms with Crippen LogP contribution in [0, 0.1) is 0 Å². The molecule has 1 aromatic rings. The molecule has 96 valence electrons. The summed E-state index contributed by atoms with van der Waals surface area (Å²) in [5.41, 5.74) is 0.671. The highest BCUT2D eigenvalue weighted by molar-refractivity contribution is 9.10. The van der Waals surface area contributed by atoms with Crippen LogP contribution in [-0.4, -0.2) is 32.1 Å². The molecule has 0 aliphatic carbocycles. The molecule has 0 aromatic heterocycles. The molecule has 0 radical (unpaired) electrons. The zero-order valence-corrected chi connectivity index (χ0v) is 11.4. The second kappa shape index (κ2) is 5.39. The first-order valence-corrected chi connectivity index (χ1v) is 6.20. The van der Waals surface area contributed by atoms with Crippen LogP contribution in [0.15, 0.2) is 22.7 Å². The lowest BCUT2D eigenvalue weighted by molar-refractivity contribution is -0.140. The van der Waals surface area contributed by atoms with Crippen molar-refractivity contribution in [3.63, 3.8) is 0 Å². The molecular weight excluding hydrogens is 302 g/mol. The highest BCUT2D eigenvalue weighted by Crippen LogP contribution is 2.34. The Morgan fingerprint density at radius 1 is 1.56 bits per heavy atom. The van der Waals surface area contributed by atoms with Crippen molar-refractivity contribution in [2.24, 2.45) is 0 Å². The van der Waals surface area contributed by atoms with E-state index in [0.29, 0.717) is 11.4 Å². The Morgan fingerprint density at radius 2 is 2.33 bits per heavy atom. The Hall–Kier alpha value is -1.56. The smallest absolute Gasteiger partial charge is 0.307 e. The summed E-state index contributed by atoms with van der Waals surface area (Å²) in [6, 6.07) is 5.42. The van der Waals surface area contributed by atoms with E-state index in [-0.39, 0.29) is 31.4 Å². The molecule has 0 unspecified atom stereocenters. The lowest BCUT2D eigenvalue weighted by Gasteiger charge is -2.29. The van der Waals surface area contributed by atoms with Crippen LogP contribution in [0.25, 0.3) is 0 Å². The fourth-order valence-corrected chi connectivity index (χ4v) is 2.07. The number of rotatable bonds is 3. The summed E-state index contributed by atoms with van der Waals surface area (Å²) in [5.74, 6) is 0.137. The van der Waals surface area contributed by atoms with Crippen molar-refractivity contribution in [3.8, 4) is 5.75 Å². The number of fused-ring (bicyclic) bond motifs is 1. The van der Waals surface area contributed by atoms with Gasteiger partial charge in [0.1, 0.15) is 5.75 Å². The van der Waals surface area contributed by atoms with Gasteiger partial charge in [-0.05, 0) is 18.2 Å². The summed E-state index contributed by atoms with van der Waals surface area (Å²) < 4.78 is 10.7. The standard InChI is InChI=1S/C12H12BrNO4/c1-17-12(16)4-5-14-9-6-8(13)2-3-10(9)18-7-11(14)15/h2-3,6H,4-5,7H2,1H3. The van der Waals surface area contributed by atoms with Crippen molar-refractivity contribution in [3.05, 3.63) is 22.7 Å². The minimum absolute atomic E-state index is 0.00416. The number of carbonyl (C=O) groups excluding carboxylic acids is 2. The normalized spacial score (nSPS) is 13.9. The molecule has 6 heteroatoms. The van der Waals surface area contributed by atoms with Crippen LogP contribution in [0.2, 0.25) is 0 Å². The van der Waals surface area contributed by atoms with Crippen molar-refractivity contribution < 1.29 is 19.1 Å². The first-order chi connectivity index (χ1) is 8.61. The summed E-state index contributed by atoms with van der Waals surface area (Å²) >= 11 is 3.35. The van der Waals surface area contributed by atoms with Crippen LogP contribution < -0.4 is 9.64 Å². The Kier molecular flexibility index (Phi) is 3.86. The zero-order valence-electron chi connectivity index (χ0n) is 9.81. The van der Waals surface area contributed by atoms with Crippen LogP contribution in [0.4, 0.5) is 5.69 Å². The van der Waals surface area contributed by atoms with Crippen LogP contribution in [0.1, 0.15) is 6.42 Å². The van der Waals surface area contributed by atoms with Gasteiger partial charge in [-0.25, -0.2) is 0 Å². The number of ether oxygens (including phenoxy) is 2. The first kappa shape index (κ1) is 12.9. The van der Waals surface area contributed by atoms with Gasteiger partial charge < -0.3 is 14.4 Å². The third-order valence-electron chi connectivity index (χ3n) is 2.63. The van der Waals surface area contributed by atoms with E-state index in [1.54, 1.807) is 17.0 Å². The number of amides is 1. The van der Waals surface area contributed by atoms with E-state index in [1.165, 1.54) is 7.11 Å². The molecule has 1 aliphatic heterocycles. The van der Waals surface area contributed by atoms with Crippen LogP contribution in [-0.2, 0) is 14.3 Å². The maximum absolute atomic E-state index is 11.8. The van der Waals surface area contributed by atoms with Gasteiger partial charge in [0.15, 0.2) is 6.61 Å². The van der Waals surface area contributed by atoms with E-state index >= 15 is 0 Å². The van der Waals surface area contributed by atoms with Crippen LogP contribution in [0.3, 0.4) is 0 Å². The van der Waals surface area contributed by atoms with Crippen molar-refractivity contribution >= 4 is 33.5 Å². The molecule has 0 N–H and O–H groups in total. The third kappa shape index (κ3) is 2.64. The SMILES string of the molecule is COC(=O)CCN1C(=O)COc2ccc(Br)cc21. The minimum Gasteiger partial charge on any atom is -0.482 e. The number of methoxy groups -OCH3 is 1. The molecule has 18 heavy (non-hydrogen) atoms. The van der Waals surface area contributed by atoms with Crippen molar-refractivity contribution in [1.29, 1.82) is 0 Å². The number of benzene rings is 1. The van der Waals surface area contributed by atoms with Gasteiger partial charge in [0.2, 0.25) is 0 Å². The average Bonchev–Trinajstić information content (AvgIpc) is 2.37.